The minimum atomic E-state index is -0.329. The van der Waals surface area contributed by atoms with Crippen LogP contribution >= 0.6 is 0 Å². The average molecular weight is 402 g/mol. The first-order valence-electron chi connectivity index (χ1n) is 10.9. The van der Waals surface area contributed by atoms with Gasteiger partial charge in [0, 0.05) is 6.04 Å². The molecule has 2 heteroatoms. The third kappa shape index (κ3) is 6.40. The number of aryl methyl sites for hydroxylation is 1. The Morgan fingerprint density at radius 2 is 1.23 bits per heavy atom. The fourth-order valence-electron chi connectivity index (χ4n) is 3.91. The zero-order valence-corrected chi connectivity index (χ0v) is 17.9. The van der Waals surface area contributed by atoms with E-state index in [-0.39, 0.29) is 12.1 Å². The van der Waals surface area contributed by atoms with Gasteiger partial charge in [0.25, 0.3) is 0 Å². The standard InChI is InChI=1S/C28H32FN/c1-3-27(21-25-15-9-5-10-16-25)30(29)28(22-26-17-11-6-12-18-26)23(2)19-20-24-13-7-4-8-14-24/h4-18,27-28H,2-3,19-22H2,1H3. The maximum Gasteiger partial charge on any atom is 0.0652 e. The van der Waals surface area contributed by atoms with Gasteiger partial charge in [-0.15, -0.1) is 9.60 Å². The van der Waals surface area contributed by atoms with Crippen molar-refractivity contribution in [1.82, 2.24) is 5.12 Å². The summed E-state index contributed by atoms with van der Waals surface area (Å²) in [7, 11) is 0. The van der Waals surface area contributed by atoms with Gasteiger partial charge in [0.1, 0.15) is 0 Å². The van der Waals surface area contributed by atoms with Crippen molar-refractivity contribution in [2.75, 3.05) is 0 Å². The minimum Gasteiger partial charge on any atom is -0.136 e. The van der Waals surface area contributed by atoms with Crippen molar-refractivity contribution < 1.29 is 4.48 Å². The Bertz CT molecular complexity index is 876. The SMILES string of the molecule is C=C(CCc1ccccc1)C(Cc1ccccc1)N(F)C(CC)Cc1ccccc1. The Morgan fingerprint density at radius 1 is 0.767 bits per heavy atom. The van der Waals surface area contributed by atoms with Gasteiger partial charge in [-0.2, -0.15) is 0 Å². The van der Waals surface area contributed by atoms with Crippen molar-refractivity contribution >= 4 is 0 Å². The van der Waals surface area contributed by atoms with Gasteiger partial charge in [-0.05, 0) is 48.8 Å². The van der Waals surface area contributed by atoms with Crippen LogP contribution in [-0.2, 0) is 19.3 Å². The molecule has 2 atom stereocenters. The highest BCUT2D eigenvalue weighted by molar-refractivity contribution is 5.22. The largest absolute Gasteiger partial charge is 0.136 e. The molecule has 0 aliphatic rings. The van der Waals surface area contributed by atoms with E-state index in [1.54, 1.807) is 0 Å². The highest BCUT2D eigenvalue weighted by Gasteiger charge is 2.28. The van der Waals surface area contributed by atoms with Crippen molar-refractivity contribution in [1.29, 1.82) is 0 Å². The predicted molar refractivity (Wildman–Crippen MR) is 125 cm³/mol. The second-order valence-corrected chi connectivity index (χ2v) is 7.95. The molecule has 0 N–H and O–H groups in total. The third-order valence-corrected chi connectivity index (χ3v) is 5.75. The van der Waals surface area contributed by atoms with Crippen molar-refractivity contribution in [2.24, 2.45) is 0 Å². The summed E-state index contributed by atoms with van der Waals surface area (Å²) in [6.07, 6.45) is 3.75. The van der Waals surface area contributed by atoms with Crippen LogP contribution in [0.5, 0.6) is 0 Å². The molecule has 0 aliphatic carbocycles. The Labute approximate surface area is 180 Å². The summed E-state index contributed by atoms with van der Waals surface area (Å²) in [5, 5.41) is 1.08. The second-order valence-electron chi connectivity index (χ2n) is 7.95. The van der Waals surface area contributed by atoms with E-state index in [0.717, 1.165) is 35.5 Å². The average Bonchev–Trinajstić information content (AvgIpc) is 2.81. The van der Waals surface area contributed by atoms with E-state index >= 15 is 4.48 Å². The lowest BCUT2D eigenvalue weighted by molar-refractivity contribution is -0.0539. The van der Waals surface area contributed by atoms with Crippen LogP contribution in [0.2, 0.25) is 0 Å². The summed E-state index contributed by atoms with van der Waals surface area (Å²) in [6, 6.07) is 30.2. The van der Waals surface area contributed by atoms with E-state index in [4.69, 9.17) is 0 Å². The van der Waals surface area contributed by atoms with E-state index in [1.165, 1.54) is 11.1 Å². The molecule has 0 bridgehead atoms. The lowest BCUT2D eigenvalue weighted by Gasteiger charge is -2.32. The molecule has 0 saturated heterocycles. The highest BCUT2D eigenvalue weighted by Crippen LogP contribution is 2.25. The van der Waals surface area contributed by atoms with Gasteiger partial charge in [0.2, 0.25) is 0 Å². The van der Waals surface area contributed by atoms with Gasteiger partial charge in [0.05, 0.1) is 6.04 Å². The molecular formula is C28H32FN. The topological polar surface area (TPSA) is 3.24 Å². The molecule has 0 aliphatic heterocycles. The van der Waals surface area contributed by atoms with Gasteiger partial charge in [-0.1, -0.05) is 110 Å². The van der Waals surface area contributed by atoms with E-state index in [9.17, 15) is 0 Å². The lowest BCUT2D eigenvalue weighted by Crippen LogP contribution is -2.40. The van der Waals surface area contributed by atoms with E-state index in [0.29, 0.717) is 12.8 Å². The zero-order chi connectivity index (χ0) is 21.2. The van der Waals surface area contributed by atoms with Crippen molar-refractivity contribution in [2.45, 2.75) is 51.1 Å². The van der Waals surface area contributed by atoms with E-state index in [1.807, 2.05) is 54.6 Å². The minimum absolute atomic E-state index is 0.172. The van der Waals surface area contributed by atoms with Crippen LogP contribution < -0.4 is 0 Å². The van der Waals surface area contributed by atoms with Crippen LogP contribution in [-0.4, -0.2) is 17.2 Å². The predicted octanol–water partition coefficient (Wildman–Crippen LogP) is 6.99. The van der Waals surface area contributed by atoms with E-state index in [2.05, 4.69) is 49.9 Å². The Morgan fingerprint density at radius 3 is 1.73 bits per heavy atom. The smallest absolute Gasteiger partial charge is 0.0652 e. The van der Waals surface area contributed by atoms with Crippen LogP contribution in [0, 0.1) is 0 Å². The molecule has 3 aromatic rings. The maximum absolute atomic E-state index is 15.9. The fraction of sp³-hybridized carbons (Fsp3) is 0.286. The van der Waals surface area contributed by atoms with Crippen LogP contribution in [0.4, 0.5) is 4.48 Å². The summed E-state index contributed by atoms with van der Waals surface area (Å²) >= 11 is 0. The Balaban J connectivity index is 1.75. The normalized spacial score (nSPS) is 13.2. The number of nitrogens with zero attached hydrogens (tertiary/aromatic N) is 1. The molecule has 0 amide bonds. The molecular weight excluding hydrogens is 369 g/mol. The number of hydrogen-bond acceptors (Lipinski definition) is 1. The van der Waals surface area contributed by atoms with Crippen molar-refractivity contribution in [3.63, 3.8) is 0 Å². The molecule has 30 heavy (non-hydrogen) atoms. The van der Waals surface area contributed by atoms with Gasteiger partial charge in [0.15, 0.2) is 0 Å². The van der Waals surface area contributed by atoms with Crippen LogP contribution in [0.3, 0.4) is 0 Å². The highest BCUT2D eigenvalue weighted by atomic mass is 19.2. The molecule has 2 unspecified atom stereocenters. The molecule has 0 aromatic heterocycles. The van der Waals surface area contributed by atoms with Crippen LogP contribution in [0.15, 0.2) is 103 Å². The molecule has 0 radical (unpaired) electrons. The first kappa shape index (κ1) is 22.0. The van der Waals surface area contributed by atoms with E-state index < -0.39 is 0 Å². The Kier molecular flexibility index (Phi) is 8.41. The lowest BCUT2D eigenvalue weighted by atomic mass is 9.93. The molecule has 1 nitrogen and oxygen atoms in total. The zero-order valence-electron chi connectivity index (χ0n) is 17.9. The monoisotopic (exact) mass is 401 g/mol. The van der Waals surface area contributed by atoms with Crippen molar-refractivity contribution in [3.8, 4) is 0 Å². The number of rotatable bonds is 11. The molecule has 0 fully saturated rings. The van der Waals surface area contributed by atoms with Gasteiger partial charge in [-0.25, -0.2) is 0 Å². The molecule has 0 spiro atoms. The summed E-state index contributed by atoms with van der Waals surface area (Å²) < 4.78 is 15.9. The molecule has 0 heterocycles. The van der Waals surface area contributed by atoms with Crippen LogP contribution in [0.1, 0.15) is 36.5 Å². The fourth-order valence-corrected chi connectivity index (χ4v) is 3.91. The Hall–Kier alpha value is -2.71. The summed E-state index contributed by atoms with van der Waals surface area (Å²) in [5.74, 6) is 0. The molecule has 0 saturated carbocycles. The second kappa shape index (κ2) is 11.5. The summed E-state index contributed by atoms with van der Waals surface area (Å²) in [6.45, 7) is 6.39. The summed E-state index contributed by atoms with van der Waals surface area (Å²) in [5.41, 5.74) is 4.52. The molecule has 3 aromatic carbocycles. The number of halogens is 1. The quantitative estimate of drug-likeness (QED) is 0.247. The molecule has 3 rings (SSSR count). The number of hydrogen-bond donors (Lipinski definition) is 0. The third-order valence-electron chi connectivity index (χ3n) is 5.75. The maximum atomic E-state index is 15.9. The van der Waals surface area contributed by atoms with Gasteiger partial charge >= 0.3 is 0 Å². The summed E-state index contributed by atoms with van der Waals surface area (Å²) in [4.78, 5) is 0. The van der Waals surface area contributed by atoms with Gasteiger partial charge in [-0.3, -0.25) is 0 Å². The first-order valence-corrected chi connectivity index (χ1v) is 10.9. The van der Waals surface area contributed by atoms with Crippen LogP contribution in [0.25, 0.3) is 0 Å². The number of benzene rings is 3. The first-order chi connectivity index (χ1) is 14.7. The van der Waals surface area contributed by atoms with Crippen molar-refractivity contribution in [3.05, 3.63) is 120 Å². The van der Waals surface area contributed by atoms with Gasteiger partial charge < -0.3 is 0 Å². The molecule has 156 valence electrons.